The highest BCUT2D eigenvalue weighted by molar-refractivity contribution is 5.92. The Morgan fingerprint density at radius 2 is 1.82 bits per heavy atom. The van der Waals surface area contributed by atoms with Crippen molar-refractivity contribution >= 4 is 17.8 Å². The Kier molecular flexibility index (Phi) is 7.56. The molecule has 0 radical (unpaired) electrons. The largest absolute Gasteiger partial charge is 0.494 e. The molecule has 5 aliphatic rings. The number of hydrogen-bond donors (Lipinski definition) is 0. The van der Waals surface area contributed by atoms with Crippen LogP contribution < -0.4 is 0 Å². The SMILES string of the molecule is CC(=O)O[C@H]1CC[C@@]2(C)C(=CC[C@H]3[C@@H]4C[C@H]5OC(CC[C@H](C)CN(C(C)=O)C(C)=O)=C(C)[C@@H]5[C@@]4(C)CC[C@@H]32)C1. The molecule has 0 aromatic rings. The summed E-state index contributed by atoms with van der Waals surface area (Å²) in [5, 5.41) is 0. The van der Waals surface area contributed by atoms with E-state index in [1.807, 2.05) is 0 Å². The van der Waals surface area contributed by atoms with Crippen molar-refractivity contribution in [2.45, 2.75) is 118 Å². The predicted octanol–water partition coefficient (Wildman–Crippen LogP) is 6.59. The van der Waals surface area contributed by atoms with Gasteiger partial charge in [-0.05, 0) is 91.9 Å². The van der Waals surface area contributed by atoms with Crippen molar-refractivity contribution < 1.29 is 23.9 Å². The molecule has 0 unspecified atom stereocenters. The number of amides is 2. The van der Waals surface area contributed by atoms with Gasteiger partial charge in [0.1, 0.15) is 12.2 Å². The lowest BCUT2D eigenvalue weighted by Gasteiger charge is -2.58. The normalized spacial score (nSPS) is 39.4. The third-order valence-corrected chi connectivity index (χ3v) is 11.7. The molecular weight excluding hydrogens is 490 g/mol. The number of fused-ring (bicyclic) bond motifs is 7. The van der Waals surface area contributed by atoms with Crippen molar-refractivity contribution in [2.75, 3.05) is 6.54 Å². The number of carbonyl (C=O) groups is 3. The number of allylic oxidation sites excluding steroid dienone is 2. The van der Waals surface area contributed by atoms with Gasteiger partial charge in [-0.15, -0.1) is 0 Å². The van der Waals surface area contributed by atoms with Crippen LogP contribution in [0.3, 0.4) is 0 Å². The zero-order valence-electron chi connectivity index (χ0n) is 25.2. The molecule has 2 amide bonds. The van der Waals surface area contributed by atoms with Crippen LogP contribution in [0.15, 0.2) is 23.0 Å². The zero-order valence-corrected chi connectivity index (χ0v) is 25.2. The minimum absolute atomic E-state index is 0.0494. The van der Waals surface area contributed by atoms with Gasteiger partial charge in [0.2, 0.25) is 11.8 Å². The van der Waals surface area contributed by atoms with E-state index in [0.29, 0.717) is 30.2 Å². The fourth-order valence-electron chi connectivity index (χ4n) is 9.81. The number of ether oxygens (including phenoxy) is 2. The molecule has 0 spiro atoms. The number of rotatable bonds is 6. The molecule has 1 aliphatic heterocycles. The summed E-state index contributed by atoms with van der Waals surface area (Å²) >= 11 is 0. The van der Waals surface area contributed by atoms with E-state index in [2.05, 4.69) is 33.8 Å². The summed E-state index contributed by atoms with van der Waals surface area (Å²) in [6.07, 6.45) is 12.5. The molecule has 216 valence electrons. The van der Waals surface area contributed by atoms with E-state index < -0.39 is 0 Å². The van der Waals surface area contributed by atoms with Gasteiger partial charge in [0, 0.05) is 46.1 Å². The number of nitrogens with zero attached hydrogens (tertiary/aromatic N) is 1. The second-order valence-electron chi connectivity index (χ2n) is 14.0. The van der Waals surface area contributed by atoms with Crippen LogP contribution in [0.5, 0.6) is 0 Å². The molecule has 6 nitrogen and oxygen atoms in total. The second kappa shape index (κ2) is 10.4. The van der Waals surface area contributed by atoms with E-state index >= 15 is 0 Å². The first kappa shape index (κ1) is 28.4. The monoisotopic (exact) mass is 539 g/mol. The van der Waals surface area contributed by atoms with Crippen molar-refractivity contribution in [2.24, 2.45) is 40.4 Å². The maximum Gasteiger partial charge on any atom is 0.302 e. The lowest BCUT2D eigenvalue weighted by molar-refractivity contribution is -0.149. The summed E-state index contributed by atoms with van der Waals surface area (Å²) in [5.74, 6) is 3.48. The van der Waals surface area contributed by atoms with E-state index in [-0.39, 0.29) is 46.7 Å². The van der Waals surface area contributed by atoms with Gasteiger partial charge in [-0.25, -0.2) is 0 Å². The number of hydrogen-bond acceptors (Lipinski definition) is 5. The molecule has 1 heterocycles. The first-order valence-corrected chi connectivity index (χ1v) is 15.4. The maximum absolute atomic E-state index is 11.8. The molecule has 3 saturated carbocycles. The molecule has 4 aliphatic carbocycles. The van der Waals surface area contributed by atoms with Gasteiger partial charge < -0.3 is 9.47 Å². The van der Waals surface area contributed by atoms with Crippen LogP contribution in [0.4, 0.5) is 0 Å². The van der Waals surface area contributed by atoms with E-state index in [9.17, 15) is 14.4 Å². The molecule has 0 aromatic heterocycles. The zero-order chi connectivity index (χ0) is 28.3. The van der Waals surface area contributed by atoms with E-state index in [1.54, 1.807) is 5.57 Å². The number of esters is 1. The van der Waals surface area contributed by atoms with E-state index in [4.69, 9.17) is 9.47 Å². The fraction of sp³-hybridized carbons (Fsp3) is 0.788. The Balaban J connectivity index is 1.27. The van der Waals surface area contributed by atoms with Gasteiger partial charge in [0.05, 0.1) is 5.76 Å². The van der Waals surface area contributed by atoms with Crippen LogP contribution in [-0.4, -0.2) is 41.4 Å². The van der Waals surface area contributed by atoms with E-state index in [1.165, 1.54) is 44.1 Å². The van der Waals surface area contributed by atoms with Crippen LogP contribution in [-0.2, 0) is 23.9 Å². The van der Waals surface area contributed by atoms with Gasteiger partial charge in [-0.2, -0.15) is 0 Å². The summed E-state index contributed by atoms with van der Waals surface area (Å²) in [5.41, 5.74) is 3.50. The lowest BCUT2D eigenvalue weighted by atomic mass is 9.47. The average Bonchev–Trinajstić information content (AvgIpc) is 3.33. The Morgan fingerprint density at radius 3 is 2.49 bits per heavy atom. The molecule has 3 fully saturated rings. The smallest absolute Gasteiger partial charge is 0.302 e. The van der Waals surface area contributed by atoms with Crippen molar-refractivity contribution in [1.82, 2.24) is 4.90 Å². The van der Waals surface area contributed by atoms with Crippen molar-refractivity contribution in [3.05, 3.63) is 23.0 Å². The third-order valence-electron chi connectivity index (χ3n) is 11.7. The van der Waals surface area contributed by atoms with Gasteiger partial charge >= 0.3 is 5.97 Å². The van der Waals surface area contributed by atoms with Crippen molar-refractivity contribution in [1.29, 1.82) is 0 Å². The molecule has 0 N–H and O–H groups in total. The molecule has 5 rings (SSSR count). The quantitative estimate of drug-likeness (QED) is 0.281. The minimum atomic E-state index is -0.179. The Morgan fingerprint density at radius 1 is 1.10 bits per heavy atom. The van der Waals surface area contributed by atoms with Gasteiger partial charge in [0.15, 0.2) is 0 Å². The summed E-state index contributed by atoms with van der Waals surface area (Å²) in [6, 6.07) is 0. The average molecular weight is 540 g/mol. The van der Waals surface area contributed by atoms with Gasteiger partial charge in [-0.1, -0.05) is 32.4 Å². The summed E-state index contributed by atoms with van der Waals surface area (Å²) in [4.78, 5) is 36.6. The van der Waals surface area contributed by atoms with Gasteiger partial charge in [0.25, 0.3) is 0 Å². The molecule has 0 saturated heterocycles. The van der Waals surface area contributed by atoms with Crippen molar-refractivity contribution in [3.8, 4) is 0 Å². The first-order valence-electron chi connectivity index (χ1n) is 15.4. The maximum atomic E-state index is 11.8. The number of carbonyl (C=O) groups excluding carboxylic acids is 3. The molecule has 9 atom stereocenters. The van der Waals surface area contributed by atoms with Crippen LogP contribution in [0, 0.1) is 40.4 Å². The summed E-state index contributed by atoms with van der Waals surface area (Å²) < 4.78 is 12.4. The third kappa shape index (κ3) is 4.88. The molecule has 39 heavy (non-hydrogen) atoms. The Hall–Kier alpha value is -2.11. The van der Waals surface area contributed by atoms with Crippen molar-refractivity contribution in [3.63, 3.8) is 0 Å². The van der Waals surface area contributed by atoms with Gasteiger partial charge in [-0.3, -0.25) is 19.3 Å². The highest BCUT2D eigenvalue weighted by Crippen LogP contribution is 2.69. The summed E-state index contributed by atoms with van der Waals surface area (Å²) in [7, 11) is 0. The lowest BCUT2D eigenvalue weighted by Crippen LogP contribution is -2.50. The highest BCUT2D eigenvalue weighted by atomic mass is 16.5. The Bertz CT molecular complexity index is 1080. The van der Waals surface area contributed by atoms with Crippen LogP contribution >= 0.6 is 0 Å². The van der Waals surface area contributed by atoms with Crippen LogP contribution in [0.25, 0.3) is 0 Å². The van der Waals surface area contributed by atoms with Crippen LogP contribution in [0.2, 0.25) is 0 Å². The standard InChI is InChI=1S/C33H49NO5/c1-19(18-34(21(3)35)22(4)36)8-11-29-20(2)31-30(39-29)17-28-26-10-9-24-16-25(38-23(5)37)12-14-32(24,6)27(26)13-15-33(28,31)7/h9,19,25-28,30-31H,8,10-18H2,1-7H3/t19-,25-,26+,27-,28-,30+,31-,32-,33-/m0/s1. The highest BCUT2D eigenvalue weighted by Gasteiger charge is 2.63. The fourth-order valence-corrected chi connectivity index (χ4v) is 9.81. The number of imide groups is 1. The predicted molar refractivity (Wildman–Crippen MR) is 150 cm³/mol. The second-order valence-corrected chi connectivity index (χ2v) is 14.0. The first-order chi connectivity index (χ1) is 18.3. The molecule has 6 heteroatoms. The van der Waals surface area contributed by atoms with E-state index in [0.717, 1.165) is 50.7 Å². The molecule has 0 bridgehead atoms. The molecule has 0 aromatic carbocycles. The Labute approximate surface area is 234 Å². The minimum Gasteiger partial charge on any atom is -0.494 e. The molecular formula is C33H49NO5. The summed E-state index contributed by atoms with van der Waals surface area (Å²) in [6.45, 7) is 14.4. The topological polar surface area (TPSA) is 72.9 Å². The van der Waals surface area contributed by atoms with Crippen LogP contribution in [0.1, 0.15) is 106 Å².